The summed E-state index contributed by atoms with van der Waals surface area (Å²) in [6.45, 7) is 14.5. The Labute approximate surface area is 208 Å². The highest BCUT2D eigenvalue weighted by molar-refractivity contribution is 5.31. The third kappa shape index (κ3) is 8.34. The second-order valence-corrected chi connectivity index (χ2v) is 11.4. The molecule has 0 aromatic heterocycles. The summed E-state index contributed by atoms with van der Waals surface area (Å²) in [6, 6.07) is 17.2. The predicted molar refractivity (Wildman–Crippen MR) is 142 cm³/mol. The van der Waals surface area contributed by atoms with E-state index in [9.17, 15) is 0 Å². The van der Waals surface area contributed by atoms with E-state index < -0.39 is 0 Å². The van der Waals surface area contributed by atoms with Crippen LogP contribution in [0.1, 0.15) is 103 Å². The first kappa shape index (κ1) is 26.6. The zero-order valence-electron chi connectivity index (χ0n) is 22.3. The Morgan fingerprint density at radius 3 is 2.00 bits per heavy atom. The van der Waals surface area contributed by atoms with Crippen LogP contribution in [0.3, 0.4) is 0 Å². The predicted octanol–water partition coefficient (Wildman–Crippen LogP) is 8.73. The molecule has 0 amide bonds. The fourth-order valence-corrected chi connectivity index (χ4v) is 5.11. The highest BCUT2D eigenvalue weighted by Gasteiger charge is 2.27. The van der Waals surface area contributed by atoms with E-state index >= 15 is 0 Å². The van der Waals surface area contributed by atoms with Gasteiger partial charge in [-0.15, -0.1) is 0 Å². The Morgan fingerprint density at radius 2 is 1.41 bits per heavy atom. The van der Waals surface area contributed by atoms with Crippen molar-refractivity contribution in [2.24, 2.45) is 11.3 Å². The molecular formula is C31H46O3. The molecular weight excluding hydrogens is 420 g/mol. The smallest absolute Gasteiger partial charge is 0.197 e. The maximum atomic E-state index is 5.97. The standard InChI is InChI=1S/C31H46O3/c1-23(2)22-30(31(4,5)6)27-14-18-29(19-15-27)34-24(3)32-20-21-33-28-16-12-26(13-17-28)25-10-8-7-9-11-25/h12-19,23-25,30H,7-11,20-22H2,1-6H3. The molecule has 0 heterocycles. The van der Waals surface area contributed by atoms with Gasteiger partial charge in [0.05, 0.1) is 6.61 Å². The highest BCUT2D eigenvalue weighted by atomic mass is 16.7. The summed E-state index contributed by atoms with van der Waals surface area (Å²) >= 11 is 0. The van der Waals surface area contributed by atoms with Crippen molar-refractivity contribution in [3.63, 3.8) is 0 Å². The zero-order valence-corrected chi connectivity index (χ0v) is 22.3. The molecule has 2 atom stereocenters. The van der Waals surface area contributed by atoms with Gasteiger partial charge in [-0.1, -0.05) is 78.1 Å². The Bertz CT molecular complexity index is 826. The Balaban J connectivity index is 1.40. The number of rotatable bonds is 11. The lowest BCUT2D eigenvalue weighted by Crippen LogP contribution is -2.21. The third-order valence-electron chi connectivity index (χ3n) is 7.00. The molecule has 0 saturated heterocycles. The molecule has 3 nitrogen and oxygen atoms in total. The van der Waals surface area contributed by atoms with Crippen LogP contribution in [0.5, 0.6) is 11.5 Å². The van der Waals surface area contributed by atoms with Crippen LogP contribution in [-0.2, 0) is 4.74 Å². The number of hydrogen-bond donors (Lipinski definition) is 0. The van der Waals surface area contributed by atoms with Crippen molar-refractivity contribution >= 4 is 0 Å². The van der Waals surface area contributed by atoms with E-state index in [1.54, 1.807) is 0 Å². The molecule has 0 spiro atoms. The summed E-state index contributed by atoms with van der Waals surface area (Å²) in [5.41, 5.74) is 3.07. The molecule has 0 N–H and O–H groups in total. The summed E-state index contributed by atoms with van der Waals surface area (Å²) in [5, 5.41) is 0. The van der Waals surface area contributed by atoms with Crippen LogP contribution < -0.4 is 9.47 Å². The highest BCUT2D eigenvalue weighted by Crippen LogP contribution is 2.40. The van der Waals surface area contributed by atoms with E-state index in [1.165, 1.54) is 49.7 Å². The molecule has 2 aromatic rings. The molecule has 2 aromatic carbocycles. The van der Waals surface area contributed by atoms with E-state index in [1.807, 2.05) is 6.92 Å². The fraction of sp³-hybridized carbons (Fsp3) is 0.613. The lowest BCUT2D eigenvalue weighted by Gasteiger charge is -2.32. The molecule has 0 bridgehead atoms. The topological polar surface area (TPSA) is 27.7 Å². The van der Waals surface area contributed by atoms with Gasteiger partial charge in [0.2, 0.25) is 0 Å². The van der Waals surface area contributed by atoms with Crippen LogP contribution in [0.2, 0.25) is 0 Å². The van der Waals surface area contributed by atoms with Gasteiger partial charge in [-0.2, -0.15) is 0 Å². The van der Waals surface area contributed by atoms with E-state index in [4.69, 9.17) is 14.2 Å². The second-order valence-electron chi connectivity index (χ2n) is 11.4. The van der Waals surface area contributed by atoms with Gasteiger partial charge in [-0.25, -0.2) is 0 Å². The summed E-state index contributed by atoms with van der Waals surface area (Å²) in [4.78, 5) is 0. The first-order valence-electron chi connectivity index (χ1n) is 13.3. The van der Waals surface area contributed by atoms with Gasteiger partial charge in [-0.3, -0.25) is 0 Å². The molecule has 3 rings (SSSR count). The van der Waals surface area contributed by atoms with Crippen molar-refractivity contribution in [2.45, 2.75) is 98.2 Å². The third-order valence-corrected chi connectivity index (χ3v) is 7.00. The number of ether oxygens (including phenoxy) is 3. The van der Waals surface area contributed by atoms with Gasteiger partial charge < -0.3 is 14.2 Å². The van der Waals surface area contributed by atoms with Crippen LogP contribution >= 0.6 is 0 Å². The normalized spacial score (nSPS) is 16.9. The SMILES string of the molecule is CC(C)CC(c1ccc(OC(C)OCCOc2ccc(C3CCCCC3)cc2)cc1)C(C)(C)C. The zero-order chi connectivity index (χ0) is 24.6. The van der Waals surface area contributed by atoms with E-state index in [0.29, 0.717) is 25.0 Å². The fourth-order valence-electron chi connectivity index (χ4n) is 5.11. The monoisotopic (exact) mass is 466 g/mol. The maximum absolute atomic E-state index is 5.97. The molecule has 1 saturated carbocycles. The first-order chi connectivity index (χ1) is 16.2. The number of hydrogen-bond acceptors (Lipinski definition) is 3. The summed E-state index contributed by atoms with van der Waals surface area (Å²) in [5.74, 6) is 3.68. The quantitative estimate of drug-likeness (QED) is 0.245. The van der Waals surface area contributed by atoms with Gasteiger partial charge in [0.25, 0.3) is 0 Å². The molecule has 1 fully saturated rings. The van der Waals surface area contributed by atoms with Crippen LogP contribution in [-0.4, -0.2) is 19.5 Å². The van der Waals surface area contributed by atoms with E-state index in [0.717, 1.165) is 17.4 Å². The van der Waals surface area contributed by atoms with E-state index in [2.05, 4.69) is 83.1 Å². The van der Waals surface area contributed by atoms with Gasteiger partial charge in [-0.05, 0) is 84.7 Å². The molecule has 2 unspecified atom stereocenters. The first-order valence-corrected chi connectivity index (χ1v) is 13.3. The molecule has 0 aliphatic heterocycles. The van der Waals surface area contributed by atoms with Crippen molar-refractivity contribution in [1.29, 1.82) is 0 Å². The van der Waals surface area contributed by atoms with Gasteiger partial charge in [0.15, 0.2) is 6.29 Å². The minimum atomic E-state index is -0.322. The van der Waals surface area contributed by atoms with Crippen LogP contribution in [0.15, 0.2) is 48.5 Å². The molecule has 3 heteroatoms. The van der Waals surface area contributed by atoms with Crippen molar-refractivity contribution in [3.8, 4) is 11.5 Å². The maximum Gasteiger partial charge on any atom is 0.197 e. The average Bonchev–Trinajstić information content (AvgIpc) is 2.81. The minimum Gasteiger partial charge on any atom is -0.491 e. The Hall–Kier alpha value is -2.00. The van der Waals surface area contributed by atoms with Crippen molar-refractivity contribution < 1.29 is 14.2 Å². The number of benzene rings is 2. The van der Waals surface area contributed by atoms with Gasteiger partial charge in [0.1, 0.15) is 18.1 Å². The minimum absolute atomic E-state index is 0.235. The lowest BCUT2D eigenvalue weighted by molar-refractivity contribution is -0.0739. The second kappa shape index (κ2) is 12.6. The molecule has 1 aliphatic rings. The Morgan fingerprint density at radius 1 is 0.794 bits per heavy atom. The summed E-state index contributed by atoms with van der Waals surface area (Å²) < 4.78 is 17.7. The van der Waals surface area contributed by atoms with Gasteiger partial charge in [0, 0.05) is 0 Å². The average molecular weight is 467 g/mol. The van der Waals surface area contributed by atoms with Crippen LogP contribution in [0.25, 0.3) is 0 Å². The lowest BCUT2D eigenvalue weighted by atomic mass is 9.72. The van der Waals surface area contributed by atoms with Crippen molar-refractivity contribution in [1.82, 2.24) is 0 Å². The van der Waals surface area contributed by atoms with Crippen molar-refractivity contribution in [2.75, 3.05) is 13.2 Å². The Kier molecular flexibility index (Phi) is 9.88. The molecule has 0 radical (unpaired) electrons. The van der Waals surface area contributed by atoms with Crippen LogP contribution in [0.4, 0.5) is 0 Å². The summed E-state index contributed by atoms with van der Waals surface area (Å²) in [6.07, 6.45) is 7.62. The summed E-state index contributed by atoms with van der Waals surface area (Å²) in [7, 11) is 0. The molecule has 1 aliphatic carbocycles. The van der Waals surface area contributed by atoms with Gasteiger partial charge >= 0.3 is 0 Å². The van der Waals surface area contributed by atoms with E-state index in [-0.39, 0.29) is 11.7 Å². The molecule has 34 heavy (non-hydrogen) atoms. The van der Waals surface area contributed by atoms with Crippen LogP contribution in [0, 0.1) is 11.3 Å². The van der Waals surface area contributed by atoms with Crippen molar-refractivity contribution in [3.05, 3.63) is 59.7 Å². The largest absolute Gasteiger partial charge is 0.491 e. The molecule has 188 valence electrons.